The first-order valence-electron chi connectivity index (χ1n) is 6.47. The molecule has 1 N–H and O–H groups in total. The fourth-order valence-electron chi connectivity index (χ4n) is 2.80. The molecule has 0 aromatic heterocycles. The van der Waals surface area contributed by atoms with E-state index in [0.717, 1.165) is 6.42 Å². The Bertz CT molecular complexity index is 226. The molecule has 1 unspecified atom stereocenters. The normalized spacial score (nSPS) is 14.9. The van der Waals surface area contributed by atoms with Crippen LogP contribution in [0.5, 0.6) is 0 Å². The maximum atomic E-state index is 9.29. The summed E-state index contributed by atoms with van der Waals surface area (Å²) in [6.07, 6.45) is 4.42. The minimum absolute atomic E-state index is 0.254. The van der Waals surface area contributed by atoms with E-state index in [1.807, 2.05) is 0 Å². The molecule has 0 saturated carbocycles. The number of aliphatic hydroxyl groups is 1. The van der Waals surface area contributed by atoms with Gasteiger partial charge in [0.05, 0.1) is 5.76 Å². The van der Waals surface area contributed by atoms with E-state index in [9.17, 15) is 5.11 Å². The van der Waals surface area contributed by atoms with Crippen molar-refractivity contribution < 1.29 is 5.11 Å². The lowest BCUT2D eigenvalue weighted by Gasteiger charge is -2.39. The van der Waals surface area contributed by atoms with Crippen LogP contribution in [0.1, 0.15) is 67.2 Å². The van der Waals surface area contributed by atoms with Crippen molar-refractivity contribution in [2.75, 3.05) is 0 Å². The Balaban J connectivity index is 4.48. The van der Waals surface area contributed by atoms with Gasteiger partial charge in [-0.1, -0.05) is 54.5 Å². The van der Waals surface area contributed by atoms with Gasteiger partial charge in [0, 0.05) is 6.42 Å². The molecule has 1 nitrogen and oxygen atoms in total. The van der Waals surface area contributed by atoms with Crippen molar-refractivity contribution in [3.8, 4) is 0 Å². The number of hydrogen-bond donors (Lipinski definition) is 1. The molecule has 0 aliphatic heterocycles. The van der Waals surface area contributed by atoms with Gasteiger partial charge in [-0.2, -0.15) is 0 Å². The lowest BCUT2D eigenvalue weighted by atomic mass is 9.66. The molecular weight excluding hydrogens is 196 g/mol. The van der Waals surface area contributed by atoms with Crippen molar-refractivity contribution in [1.82, 2.24) is 0 Å². The van der Waals surface area contributed by atoms with Gasteiger partial charge in [0.15, 0.2) is 0 Å². The third-order valence-electron chi connectivity index (χ3n) is 3.74. The predicted molar refractivity (Wildman–Crippen MR) is 72.6 cm³/mol. The number of allylic oxidation sites excluding steroid dienone is 1. The quantitative estimate of drug-likeness (QED) is 0.582. The van der Waals surface area contributed by atoms with Crippen LogP contribution in [-0.2, 0) is 0 Å². The predicted octanol–water partition coefficient (Wildman–Crippen LogP) is 5.33. The first-order valence-corrected chi connectivity index (χ1v) is 6.47. The number of hydrogen-bond acceptors (Lipinski definition) is 1. The van der Waals surface area contributed by atoms with Crippen LogP contribution in [0.4, 0.5) is 0 Å². The summed E-state index contributed by atoms with van der Waals surface area (Å²) < 4.78 is 0. The minimum Gasteiger partial charge on any atom is -0.513 e. The monoisotopic (exact) mass is 226 g/mol. The van der Waals surface area contributed by atoms with Crippen LogP contribution in [0.25, 0.3) is 0 Å². The maximum Gasteiger partial charge on any atom is 0.0853 e. The van der Waals surface area contributed by atoms with Crippen LogP contribution >= 0.6 is 0 Å². The molecule has 0 aromatic rings. The van der Waals surface area contributed by atoms with Gasteiger partial charge in [-0.25, -0.2) is 0 Å². The zero-order valence-corrected chi connectivity index (χ0v) is 12.1. The van der Waals surface area contributed by atoms with E-state index in [1.165, 1.54) is 19.3 Å². The smallest absolute Gasteiger partial charge is 0.0853 e. The van der Waals surface area contributed by atoms with E-state index in [1.54, 1.807) is 0 Å². The Hall–Kier alpha value is -0.460. The van der Waals surface area contributed by atoms with Gasteiger partial charge in [0.1, 0.15) is 0 Å². The van der Waals surface area contributed by atoms with E-state index >= 15 is 0 Å². The third-order valence-corrected chi connectivity index (χ3v) is 3.74. The Morgan fingerprint density at radius 3 is 2.12 bits per heavy atom. The second-order valence-electron chi connectivity index (χ2n) is 6.75. The fraction of sp³-hybridized carbons (Fsp3) is 0.867. The standard InChI is InChI=1S/C15H30O/c1-8-9-14(4,5)11-15(6,7)12(2)10-13(3)16/h12,16H,3,8-11H2,1-2,4-7H3. The third kappa shape index (κ3) is 5.58. The Labute approximate surface area is 102 Å². The van der Waals surface area contributed by atoms with Gasteiger partial charge in [-0.05, 0) is 29.6 Å². The summed E-state index contributed by atoms with van der Waals surface area (Å²) in [5.41, 5.74) is 0.646. The van der Waals surface area contributed by atoms with Crippen molar-refractivity contribution in [2.24, 2.45) is 16.7 Å². The second kappa shape index (κ2) is 5.75. The molecule has 0 aromatic carbocycles. The molecule has 1 atom stereocenters. The van der Waals surface area contributed by atoms with Crippen LogP contribution in [0.3, 0.4) is 0 Å². The molecule has 0 saturated heterocycles. The van der Waals surface area contributed by atoms with Gasteiger partial charge in [-0.3, -0.25) is 0 Å². The summed E-state index contributed by atoms with van der Waals surface area (Å²) in [5, 5.41) is 9.29. The SMILES string of the molecule is C=C(O)CC(C)C(C)(C)CC(C)(C)CCC. The highest BCUT2D eigenvalue weighted by Gasteiger charge is 2.32. The second-order valence-corrected chi connectivity index (χ2v) is 6.75. The molecule has 0 heterocycles. The highest BCUT2D eigenvalue weighted by Crippen LogP contribution is 2.43. The zero-order valence-electron chi connectivity index (χ0n) is 12.1. The molecule has 1 heteroatoms. The molecule has 0 aliphatic carbocycles. The van der Waals surface area contributed by atoms with Gasteiger partial charge in [-0.15, -0.1) is 0 Å². The van der Waals surface area contributed by atoms with Crippen molar-refractivity contribution in [3.63, 3.8) is 0 Å². The molecule has 0 amide bonds. The number of aliphatic hydroxyl groups excluding tert-OH is 1. The summed E-state index contributed by atoms with van der Waals surface area (Å²) in [7, 11) is 0. The molecule has 0 aliphatic rings. The summed E-state index contributed by atoms with van der Waals surface area (Å²) in [5.74, 6) is 0.787. The summed E-state index contributed by atoms with van der Waals surface area (Å²) in [6.45, 7) is 17.4. The fourth-order valence-corrected chi connectivity index (χ4v) is 2.80. The zero-order chi connectivity index (χ0) is 13.0. The molecule has 0 radical (unpaired) electrons. The Kier molecular flexibility index (Phi) is 5.58. The van der Waals surface area contributed by atoms with E-state index in [0.29, 0.717) is 17.1 Å². The first kappa shape index (κ1) is 15.5. The molecule has 96 valence electrons. The summed E-state index contributed by atoms with van der Waals surface area (Å²) in [4.78, 5) is 0. The van der Waals surface area contributed by atoms with Gasteiger partial charge >= 0.3 is 0 Å². The summed E-state index contributed by atoms with van der Waals surface area (Å²) in [6, 6.07) is 0. The van der Waals surface area contributed by atoms with E-state index < -0.39 is 0 Å². The average molecular weight is 226 g/mol. The first-order chi connectivity index (χ1) is 7.10. The van der Waals surface area contributed by atoms with Crippen LogP contribution in [0.2, 0.25) is 0 Å². The van der Waals surface area contributed by atoms with Gasteiger partial charge in [0.2, 0.25) is 0 Å². The van der Waals surface area contributed by atoms with E-state index in [2.05, 4.69) is 48.1 Å². The van der Waals surface area contributed by atoms with Crippen molar-refractivity contribution in [3.05, 3.63) is 12.3 Å². The van der Waals surface area contributed by atoms with Gasteiger partial charge < -0.3 is 5.11 Å². The molecule has 0 bridgehead atoms. The highest BCUT2D eigenvalue weighted by atomic mass is 16.3. The Morgan fingerprint density at radius 1 is 1.25 bits per heavy atom. The molecular formula is C15H30O. The minimum atomic E-state index is 0.254. The van der Waals surface area contributed by atoms with Crippen LogP contribution in [0.15, 0.2) is 12.3 Å². The van der Waals surface area contributed by atoms with E-state index in [4.69, 9.17) is 0 Å². The highest BCUT2D eigenvalue weighted by molar-refractivity contribution is 4.89. The summed E-state index contributed by atoms with van der Waals surface area (Å²) >= 11 is 0. The lowest BCUT2D eigenvalue weighted by Crippen LogP contribution is -2.29. The average Bonchev–Trinajstić information content (AvgIpc) is 1.99. The van der Waals surface area contributed by atoms with Crippen LogP contribution in [-0.4, -0.2) is 5.11 Å². The topological polar surface area (TPSA) is 20.2 Å². The largest absolute Gasteiger partial charge is 0.513 e. The van der Waals surface area contributed by atoms with E-state index in [-0.39, 0.29) is 5.41 Å². The molecule has 16 heavy (non-hydrogen) atoms. The van der Waals surface area contributed by atoms with Crippen LogP contribution < -0.4 is 0 Å². The molecule has 0 rings (SSSR count). The van der Waals surface area contributed by atoms with Gasteiger partial charge in [0.25, 0.3) is 0 Å². The number of rotatable bonds is 7. The Morgan fingerprint density at radius 2 is 1.75 bits per heavy atom. The lowest BCUT2D eigenvalue weighted by molar-refractivity contribution is 0.115. The maximum absolute atomic E-state index is 9.29. The van der Waals surface area contributed by atoms with Crippen molar-refractivity contribution in [2.45, 2.75) is 67.2 Å². The molecule has 0 fully saturated rings. The van der Waals surface area contributed by atoms with Crippen LogP contribution in [0, 0.1) is 16.7 Å². The van der Waals surface area contributed by atoms with Crippen molar-refractivity contribution >= 4 is 0 Å². The molecule has 0 spiro atoms. The van der Waals surface area contributed by atoms with Crippen molar-refractivity contribution in [1.29, 1.82) is 0 Å².